The topological polar surface area (TPSA) is 90.4 Å². The van der Waals surface area contributed by atoms with Gasteiger partial charge in [-0.25, -0.2) is 0 Å². The summed E-state index contributed by atoms with van der Waals surface area (Å²) in [7, 11) is 0. The number of nitrogen functional groups attached to an aromatic ring is 1. The first-order valence-electron chi connectivity index (χ1n) is 6.51. The van der Waals surface area contributed by atoms with Crippen LogP contribution in [-0.4, -0.2) is 25.7 Å². The van der Waals surface area contributed by atoms with Crippen LogP contribution in [0.2, 0.25) is 0 Å². The lowest BCUT2D eigenvalue weighted by Crippen LogP contribution is -2.33. The van der Waals surface area contributed by atoms with Crippen molar-refractivity contribution in [1.82, 2.24) is 0 Å². The fourth-order valence-electron chi connectivity index (χ4n) is 2.24. The van der Waals surface area contributed by atoms with Crippen LogP contribution in [0.25, 0.3) is 0 Å². The predicted octanol–water partition coefficient (Wildman–Crippen LogP) is 1.60. The van der Waals surface area contributed by atoms with Crippen LogP contribution in [0.5, 0.6) is 0 Å². The highest BCUT2D eigenvalue weighted by atomic mass is 16.5. The van der Waals surface area contributed by atoms with Crippen LogP contribution in [-0.2, 0) is 4.74 Å². The minimum absolute atomic E-state index is 0.229. The van der Waals surface area contributed by atoms with E-state index in [1.165, 1.54) is 0 Å². The molecule has 5 nitrogen and oxygen atoms in total. The summed E-state index contributed by atoms with van der Waals surface area (Å²) in [5.74, 6) is -0.501. The number of benzene rings is 1. The standard InChI is InChI=1S/C14H21N3O2/c1-14(4-6-19-7-5-14)9-17-10-2-3-12(15)11(8-10)13(16)18/h2-3,8,17H,4-7,9,15H2,1H3,(H2,16,18). The Labute approximate surface area is 113 Å². The van der Waals surface area contributed by atoms with Crippen LogP contribution in [0, 0.1) is 5.41 Å². The van der Waals surface area contributed by atoms with Gasteiger partial charge in [0.25, 0.3) is 5.91 Å². The maximum atomic E-state index is 11.2. The van der Waals surface area contributed by atoms with Gasteiger partial charge in [-0.15, -0.1) is 0 Å². The summed E-state index contributed by atoms with van der Waals surface area (Å²) in [5.41, 5.74) is 12.9. The van der Waals surface area contributed by atoms with E-state index >= 15 is 0 Å². The number of ether oxygens (including phenoxy) is 1. The minimum atomic E-state index is -0.501. The molecule has 0 aliphatic carbocycles. The Kier molecular flexibility index (Phi) is 3.95. The fourth-order valence-corrected chi connectivity index (χ4v) is 2.24. The summed E-state index contributed by atoms with van der Waals surface area (Å²) < 4.78 is 5.38. The van der Waals surface area contributed by atoms with Gasteiger partial charge in [0, 0.05) is 31.1 Å². The minimum Gasteiger partial charge on any atom is -0.398 e. The lowest BCUT2D eigenvalue weighted by molar-refractivity contribution is 0.0300. The third-order valence-corrected chi connectivity index (χ3v) is 3.74. The molecule has 1 amide bonds. The molecule has 1 aromatic rings. The molecule has 1 aliphatic rings. The number of rotatable bonds is 4. The molecule has 0 radical (unpaired) electrons. The van der Waals surface area contributed by atoms with Crippen molar-refractivity contribution in [2.24, 2.45) is 11.1 Å². The second kappa shape index (κ2) is 5.48. The first-order valence-corrected chi connectivity index (χ1v) is 6.51. The van der Waals surface area contributed by atoms with Gasteiger partial charge in [0.1, 0.15) is 0 Å². The molecular weight excluding hydrogens is 242 g/mol. The second-order valence-electron chi connectivity index (χ2n) is 5.44. The Hall–Kier alpha value is -1.75. The Balaban J connectivity index is 2.03. The van der Waals surface area contributed by atoms with Crippen molar-refractivity contribution >= 4 is 17.3 Å². The van der Waals surface area contributed by atoms with Crippen LogP contribution in [0.4, 0.5) is 11.4 Å². The molecule has 0 saturated carbocycles. The van der Waals surface area contributed by atoms with Crippen LogP contribution in [0.3, 0.4) is 0 Å². The Morgan fingerprint density at radius 3 is 2.74 bits per heavy atom. The number of hydrogen-bond donors (Lipinski definition) is 3. The summed E-state index contributed by atoms with van der Waals surface area (Å²) in [4.78, 5) is 11.2. The van der Waals surface area contributed by atoms with E-state index in [1.54, 1.807) is 12.1 Å². The number of carbonyl (C=O) groups excluding carboxylic acids is 1. The van der Waals surface area contributed by atoms with Crippen molar-refractivity contribution in [2.75, 3.05) is 30.8 Å². The molecular formula is C14H21N3O2. The first kappa shape index (κ1) is 13.7. The Bertz CT molecular complexity index is 468. The van der Waals surface area contributed by atoms with E-state index in [1.807, 2.05) is 6.07 Å². The monoisotopic (exact) mass is 263 g/mol. The summed E-state index contributed by atoms with van der Waals surface area (Å²) in [6.07, 6.45) is 2.08. The fraction of sp³-hybridized carbons (Fsp3) is 0.500. The molecule has 0 bridgehead atoms. The molecule has 5 heteroatoms. The number of nitrogens with one attached hydrogen (secondary N) is 1. The van der Waals surface area contributed by atoms with Gasteiger partial charge in [-0.1, -0.05) is 6.92 Å². The predicted molar refractivity (Wildman–Crippen MR) is 76.0 cm³/mol. The molecule has 1 heterocycles. The number of nitrogens with two attached hydrogens (primary N) is 2. The van der Waals surface area contributed by atoms with Gasteiger partial charge >= 0.3 is 0 Å². The van der Waals surface area contributed by atoms with Crippen molar-refractivity contribution in [3.8, 4) is 0 Å². The molecule has 0 aromatic heterocycles. The molecule has 19 heavy (non-hydrogen) atoms. The van der Waals surface area contributed by atoms with Gasteiger partial charge in [0.15, 0.2) is 0 Å². The Morgan fingerprint density at radius 2 is 2.11 bits per heavy atom. The van der Waals surface area contributed by atoms with Crippen molar-refractivity contribution < 1.29 is 9.53 Å². The van der Waals surface area contributed by atoms with E-state index in [4.69, 9.17) is 16.2 Å². The van der Waals surface area contributed by atoms with E-state index in [2.05, 4.69) is 12.2 Å². The zero-order valence-electron chi connectivity index (χ0n) is 11.2. The van der Waals surface area contributed by atoms with Gasteiger partial charge in [-0.3, -0.25) is 4.79 Å². The number of amides is 1. The molecule has 104 valence electrons. The lowest BCUT2D eigenvalue weighted by Gasteiger charge is -2.34. The zero-order chi connectivity index (χ0) is 13.9. The van der Waals surface area contributed by atoms with Gasteiger partial charge in [-0.05, 0) is 36.5 Å². The summed E-state index contributed by atoms with van der Waals surface area (Å²) in [5, 5.41) is 3.36. The third kappa shape index (κ3) is 3.38. The molecule has 2 rings (SSSR count). The third-order valence-electron chi connectivity index (χ3n) is 3.74. The van der Waals surface area contributed by atoms with E-state index in [-0.39, 0.29) is 5.41 Å². The second-order valence-corrected chi connectivity index (χ2v) is 5.44. The normalized spacial score (nSPS) is 17.9. The smallest absolute Gasteiger partial charge is 0.250 e. The van der Waals surface area contributed by atoms with Crippen LogP contribution in [0.15, 0.2) is 18.2 Å². The SMILES string of the molecule is CC1(CNc2ccc(N)c(C(N)=O)c2)CCOCC1. The van der Waals surface area contributed by atoms with E-state index < -0.39 is 5.91 Å². The highest BCUT2D eigenvalue weighted by Crippen LogP contribution is 2.30. The molecule has 0 spiro atoms. The molecule has 1 aromatic carbocycles. The van der Waals surface area contributed by atoms with Crippen LogP contribution >= 0.6 is 0 Å². The van der Waals surface area contributed by atoms with Crippen molar-refractivity contribution in [1.29, 1.82) is 0 Å². The number of anilines is 2. The molecule has 5 N–H and O–H groups in total. The number of primary amides is 1. The lowest BCUT2D eigenvalue weighted by atomic mass is 9.82. The van der Waals surface area contributed by atoms with E-state index in [9.17, 15) is 4.79 Å². The summed E-state index contributed by atoms with van der Waals surface area (Å²) in [6.45, 7) is 4.71. The molecule has 0 atom stereocenters. The highest BCUT2D eigenvalue weighted by molar-refractivity contribution is 5.98. The van der Waals surface area contributed by atoms with Crippen molar-refractivity contribution in [3.05, 3.63) is 23.8 Å². The van der Waals surface area contributed by atoms with Crippen molar-refractivity contribution in [3.63, 3.8) is 0 Å². The average molecular weight is 263 g/mol. The van der Waals surface area contributed by atoms with Gasteiger partial charge < -0.3 is 21.5 Å². The summed E-state index contributed by atoms with van der Waals surface area (Å²) >= 11 is 0. The molecule has 0 unspecified atom stereocenters. The quantitative estimate of drug-likeness (QED) is 0.720. The first-order chi connectivity index (χ1) is 9.00. The van der Waals surface area contributed by atoms with Crippen LogP contribution < -0.4 is 16.8 Å². The van der Waals surface area contributed by atoms with Gasteiger partial charge in [0.2, 0.25) is 0 Å². The van der Waals surface area contributed by atoms with E-state index in [0.29, 0.717) is 11.3 Å². The molecule has 1 aliphatic heterocycles. The zero-order valence-corrected chi connectivity index (χ0v) is 11.2. The molecule has 1 saturated heterocycles. The van der Waals surface area contributed by atoms with E-state index in [0.717, 1.165) is 38.3 Å². The van der Waals surface area contributed by atoms with Crippen molar-refractivity contribution in [2.45, 2.75) is 19.8 Å². The molecule has 1 fully saturated rings. The van der Waals surface area contributed by atoms with Gasteiger partial charge in [0.05, 0.1) is 5.56 Å². The average Bonchev–Trinajstić information content (AvgIpc) is 2.38. The maximum Gasteiger partial charge on any atom is 0.250 e. The Morgan fingerprint density at radius 1 is 1.42 bits per heavy atom. The largest absolute Gasteiger partial charge is 0.398 e. The summed E-state index contributed by atoms with van der Waals surface area (Å²) in [6, 6.07) is 5.28. The van der Waals surface area contributed by atoms with Gasteiger partial charge in [-0.2, -0.15) is 0 Å². The van der Waals surface area contributed by atoms with Crippen LogP contribution in [0.1, 0.15) is 30.1 Å². The number of hydrogen-bond acceptors (Lipinski definition) is 4. The highest BCUT2D eigenvalue weighted by Gasteiger charge is 2.27. The maximum absolute atomic E-state index is 11.2. The number of carbonyl (C=O) groups is 1.